The highest BCUT2D eigenvalue weighted by molar-refractivity contribution is 7.98. The van der Waals surface area contributed by atoms with E-state index >= 15 is 0 Å². The summed E-state index contributed by atoms with van der Waals surface area (Å²) in [5.41, 5.74) is 3.46. The van der Waals surface area contributed by atoms with E-state index in [-0.39, 0.29) is 0 Å². The van der Waals surface area contributed by atoms with Gasteiger partial charge in [-0.1, -0.05) is 29.8 Å². The Morgan fingerprint density at radius 1 is 1.11 bits per heavy atom. The van der Waals surface area contributed by atoms with Crippen molar-refractivity contribution in [3.8, 4) is 0 Å². The number of anilines is 1. The lowest BCUT2D eigenvalue weighted by Gasteiger charge is -2.10. The standard InChI is InChI=1S/C15H16ClNS/c1-11-14(16)4-3-5-15(11)17-10-12-6-8-13(18-2)9-7-12/h3-9,17H,10H2,1-2H3. The van der Waals surface area contributed by atoms with E-state index in [0.717, 1.165) is 22.8 Å². The number of benzene rings is 2. The highest BCUT2D eigenvalue weighted by atomic mass is 35.5. The molecule has 0 aliphatic rings. The second-order valence-corrected chi connectivity index (χ2v) is 5.40. The summed E-state index contributed by atoms with van der Waals surface area (Å²) in [6.45, 7) is 2.84. The van der Waals surface area contributed by atoms with Crippen LogP contribution < -0.4 is 5.32 Å². The van der Waals surface area contributed by atoms with Gasteiger partial charge >= 0.3 is 0 Å². The first-order valence-electron chi connectivity index (χ1n) is 5.82. The van der Waals surface area contributed by atoms with Gasteiger partial charge < -0.3 is 5.32 Å². The van der Waals surface area contributed by atoms with Gasteiger partial charge in [0.2, 0.25) is 0 Å². The third-order valence-corrected chi connectivity index (χ3v) is 4.06. The molecule has 0 aliphatic heterocycles. The molecule has 0 heterocycles. The summed E-state index contributed by atoms with van der Waals surface area (Å²) in [5, 5.41) is 4.22. The molecule has 2 aromatic rings. The van der Waals surface area contributed by atoms with Crippen LogP contribution in [0.2, 0.25) is 5.02 Å². The molecule has 0 bridgehead atoms. The topological polar surface area (TPSA) is 12.0 Å². The van der Waals surface area contributed by atoms with E-state index in [9.17, 15) is 0 Å². The second-order valence-electron chi connectivity index (χ2n) is 4.11. The first-order chi connectivity index (χ1) is 8.70. The minimum atomic E-state index is 0.803. The van der Waals surface area contributed by atoms with E-state index in [0.29, 0.717) is 0 Å². The van der Waals surface area contributed by atoms with Gasteiger partial charge in [-0.3, -0.25) is 0 Å². The predicted molar refractivity (Wildman–Crippen MR) is 81.7 cm³/mol. The smallest absolute Gasteiger partial charge is 0.0455 e. The van der Waals surface area contributed by atoms with E-state index in [4.69, 9.17) is 11.6 Å². The summed E-state index contributed by atoms with van der Waals surface area (Å²) < 4.78 is 0. The van der Waals surface area contributed by atoms with Crippen molar-refractivity contribution >= 4 is 29.1 Å². The number of nitrogens with one attached hydrogen (secondary N) is 1. The summed E-state index contributed by atoms with van der Waals surface area (Å²) in [5.74, 6) is 0. The fourth-order valence-electron chi connectivity index (χ4n) is 1.74. The highest BCUT2D eigenvalue weighted by Crippen LogP contribution is 2.23. The van der Waals surface area contributed by atoms with Gasteiger partial charge in [0.25, 0.3) is 0 Å². The fourth-order valence-corrected chi connectivity index (χ4v) is 2.32. The SMILES string of the molecule is CSc1ccc(CNc2cccc(Cl)c2C)cc1. The maximum absolute atomic E-state index is 6.09. The van der Waals surface area contributed by atoms with Crippen LogP contribution in [0, 0.1) is 6.92 Å². The number of rotatable bonds is 4. The molecule has 94 valence electrons. The number of halogens is 1. The summed E-state index contributed by atoms with van der Waals surface area (Å²) >= 11 is 7.85. The van der Waals surface area contributed by atoms with E-state index in [2.05, 4.69) is 41.9 Å². The van der Waals surface area contributed by atoms with Gasteiger partial charge in [-0.05, 0) is 48.6 Å². The monoisotopic (exact) mass is 277 g/mol. The first kappa shape index (κ1) is 13.3. The van der Waals surface area contributed by atoms with Gasteiger partial charge in [0.05, 0.1) is 0 Å². The van der Waals surface area contributed by atoms with E-state index in [1.165, 1.54) is 10.5 Å². The van der Waals surface area contributed by atoms with Gasteiger partial charge in [-0.2, -0.15) is 0 Å². The fraction of sp³-hybridized carbons (Fsp3) is 0.200. The lowest BCUT2D eigenvalue weighted by Crippen LogP contribution is -2.01. The van der Waals surface area contributed by atoms with Crippen molar-refractivity contribution in [2.75, 3.05) is 11.6 Å². The van der Waals surface area contributed by atoms with Crippen LogP contribution in [0.3, 0.4) is 0 Å². The van der Waals surface area contributed by atoms with Crippen molar-refractivity contribution in [3.63, 3.8) is 0 Å². The van der Waals surface area contributed by atoms with E-state index < -0.39 is 0 Å². The lowest BCUT2D eigenvalue weighted by molar-refractivity contribution is 1.13. The van der Waals surface area contributed by atoms with Crippen molar-refractivity contribution in [1.82, 2.24) is 0 Å². The number of hydrogen-bond donors (Lipinski definition) is 1. The van der Waals surface area contributed by atoms with Gasteiger partial charge in [0, 0.05) is 22.2 Å². The average molecular weight is 278 g/mol. The molecule has 1 N–H and O–H groups in total. The lowest BCUT2D eigenvalue weighted by atomic mass is 10.2. The molecule has 0 amide bonds. The van der Waals surface area contributed by atoms with Crippen molar-refractivity contribution in [2.24, 2.45) is 0 Å². The molecular weight excluding hydrogens is 262 g/mol. The zero-order valence-electron chi connectivity index (χ0n) is 10.5. The largest absolute Gasteiger partial charge is 0.381 e. The molecule has 0 saturated carbocycles. The van der Waals surface area contributed by atoms with Gasteiger partial charge in [0.1, 0.15) is 0 Å². The molecule has 0 saturated heterocycles. The van der Waals surface area contributed by atoms with Crippen molar-refractivity contribution in [2.45, 2.75) is 18.4 Å². The normalized spacial score (nSPS) is 10.4. The minimum Gasteiger partial charge on any atom is -0.381 e. The minimum absolute atomic E-state index is 0.803. The summed E-state index contributed by atoms with van der Waals surface area (Å²) in [4.78, 5) is 1.29. The van der Waals surface area contributed by atoms with Crippen LogP contribution >= 0.6 is 23.4 Å². The van der Waals surface area contributed by atoms with Crippen LogP contribution in [0.1, 0.15) is 11.1 Å². The van der Waals surface area contributed by atoms with Crippen LogP contribution in [0.4, 0.5) is 5.69 Å². The van der Waals surface area contributed by atoms with Crippen LogP contribution in [-0.2, 0) is 6.54 Å². The Balaban J connectivity index is 2.04. The molecule has 2 aromatic carbocycles. The quantitative estimate of drug-likeness (QED) is 0.791. The Morgan fingerprint density at radius 2 is 1.83 bits per heavy atom. The Bertz CT molecular complexity index is 523. The second kappa shape index (κ2) is 6.17. The molecule has 3 heteroatoms. The molecule has 18 heavy (non-hydrogen) atoms. The van der Waals surface area contributed by atoms with Crippen LogP contribution in [0.25, 0.3) is 0 Å². The highest BCUT2D eigenvalue weighted by Gasteiger charge is 2.01. The van der Waals surface area contributed by atoms with Crippen molar-refractivity contribution in [3.05, 3.63) is 58.6 Å². The van der Waals surface area contributed by atoms with Crippen LogP contribution in [0.5, 0.6) is 0 Å². The van der Waals surface area contributed by atoms with Gasteiger partial charge in [0.15, 0.2) is 0 Å². The Kier molecular flexibility index (Phi) is 4.56. The van der Waals surface area contributed by atoms with Gasteiger partial charge in [-0.15, -0.1) is 11.8 Å². The third-order valence-electron chi connectivity index (χ3n) is 2.91. The molecule has 2 rings (SSSR count). The van der Waals surface area contributed by atoms with E-state index in [1.54, 1.807) is 11.8 Å². The molecule has 0 aromatic heterocycles. The Hall–Kier alpha value is -1.12. The van der Waals surface area contributed by atoms with E-state index in [1.807, 2.05) is 19.1 Å². The molecule has 0 spiro atoms. The maximum atomic E-state index is 6.09. The molecule has 1 nitrogen and oxygen atoms in total. The molecule has 0 atom stereocenters. The summed E-state index contributed by atoms with van der Waals surface area (Å²) in [6, 6.07) is 14.5. The number of thioether (sulfide) groups is 1. The molecule has 0 fully saturated rings. The first-order valence-corrected chi connectivity index (χ1v) is 7.43. The van der Waals surface area contributed by atoms with Crippen molar-refractivity contribution in [1.29, 1.82) is 0 Å². The third kappa shape index (κ3) is 3.21. The average Bonchev–Trinajstić information content (AvgIpc) is 2.41. The van der Waals surface area contributed by atoms with Crippen molar-refractivity contribution < 1.29 is 0 Å². The Labute approximate surface area is 118 Å². The zero-order chi connectivity index (χ0) is 13.0. The summed E-state index contributed by atoms with van der Waals surface area (Å²) in [7, 11) is 0. The molecular formula is C15H16ClNS. The predicted octanol–water partition coefficient (Wildman–Crippen LogP) is 4.98. The zero-order valence-corrected chi connectivity index (χ0v) is 12.1. The van der Waals surface area contributed by atoms with Gasteiger partial charge in [-0.25, -0.2) is 0 Å². The molecule has 0 radical (unpaired) electrons. The van der Waals surface area contributed by atoms with Crippen LogP contribution in [-0.4, -0.2) is 6.26 Å². The Morgan fingerprint density at radius 3 is 2.50 bits per heavy atom. The maximum Gasteiger partial charge on any atom is 0.0455 e. The van der Waals surface area contributed by atoms with Crippen LogP contribution in [0.15, 0.2) is 47.4 Å². The summed E-state index contributed by atoms with van der Waals surface area (Å²) in [6.07, 6.45) is 2.09. The molecule has 0 unspecified atom stereocenters. The molecule has 0 aliphatic carbocycles. The number of hydrogen-bond acceptors (Lipinski definition) is 2.